The molecule has 1 aliphatic rings. The molecular formula is C42H50ClN7O8. The van der Waals surface area contributed by atoms with Gasteiger partial charge in [-0.15, -0.1) is 0 Å². The Hall–Kier alpha value is -5.80. The number of ether oxygens (including phenoxy) is 6. The fourth-order valence-corrected chi connectivity index (χ4v) is 6.75. The largest absolute Gasteiger partial charge is 0.497 e. The van der Waals surface area contributed by atoms with Crippen LogP contribution in [-0.2, 0) is 33.9 Å². The number of anilines is 2. The maximum Gasteiger partial charge on any atom is 0.407 e. The van der Waals surface area contributed by atoms with E-state index >= 15 is 0 Å². The molecule has 2 amide bonds. The lowest BCUT2D eigenvalue weighted by molar-refractivity contribution is -0.117. The summed E-state index contributed by atoms with van der Waals surface area (Å²) in [6, 6.07) is 14.9. The van der Waals surface area contributed by atoms with E-state index in [2.05, 4.69) is 25.6 Å². The van der Waals surface area contributed by atoms with E-state index in [0.29, 0.717) is 80.4 Å². The quantitative estimate of drug-likeness (QED) is 0.0690. The van der Waals surface area contributed by atoms with Crippen molar-refractivity contribution in [3.05, 3.63) is 89.0 Å². The second-order valence-electron chi connectivity index (χ2n) is 14.8. The molecule has 2 atom stereocenters. The standard InChI is InChI=1S/C42H50ClN7O8/c1-42(2,3)58-41(52)44-12-14-57-15-13-50-25-29(21-46-50)32-20-33(32)40(51)48-38-17-28-16-37(43)47-39(34(28)22-45-38)49(23-26-8-10-30(53-4)18-35(26)55-6)24-27-9-11-31(54-5)19-36(27)56-7/h8-11,16-19,21-22,25,32-33H,12-15,20,23-24H2,1-7H3,(H,44,52)(H,45,48,51). The van der Waals surface area contributed by atoms with Crippen molar-refractivity contribution in [3.8, 4) is 23.0 Å². The minimum absolute atomic E-state index is 0.0526. The van der Waals surface area contributed by atoms with Gasteiger partial charge in [-0.2, -0.15) is 5.10 Å². The number of pyridine rings is 2. The van der Waals surface area contributed by atoms with Gasteiger partial charge >= 0.3 is 6.09 Å². The van der Waals surface area contributed by atoms with E-state index in [1.54, 1.807) is 51.6 Å². The van der Waals surface area contributed by atoms with Gasteiger partial charge in [0, 0.05) is 66.6 Å². The van der Waals surface area contributed by atoms with Gasteiger partial charge < -0.3 is 44.0 Å². The topological polar surface area (TPSA) is 160 Å². The average Bonchev–Trinajstić information content (AvgIpc) is 3.87. The molecule has 0 aliphatic heterocycles. The summed E-state index contributed by atoms with van der Waals surface area (Å²) in [5, 5.41) is 11.9. The molecule has 308 valence electrons. The number of fused-ring (bicyclic) bond motifs is 1. The van der Waals surface area contributed by atoms with Crippen molar-refractivity contribution in [2.24, 2.45) is 5.92 Å². The first-order valence-corrected chi connectivity index (χ1v) is 19.3. The fraction of sp³-hybridized carbons (Fsp3) is 0.405. The van der Waals surface area contributed by atoms with E-state index < -0.39 is 11.7 Å². The summed E-state index contributed by atoms with van der Waals surface area (Å²) in [5.41, 5.74) is 2.22. The molecule has 58 heavy (non-hydrogen) atoms. The van der Waals surface area contributed by atoms with Gasteiger partial charge in [-0.05, 0) is 80.5 Å². The van der Waals surface area contributed by atoms with Crippen LogP contribution >= 0.6 is 11.6 Å². The van der Waals surface area contributed by atoms with E-state index in [0.717, 1.165) is 27.5 Å². The maximum absolute atomic E-state index is 13.4. The van der Waals surface area contributed by atoms with Crippen LogP contribution in [0.1, 0.15) is 49.8 Å². The van der Waals surface area contributed by atoms with Crippen LogP contribution in [-0.4, -0.2) is 85.5 Å². The normalized spacial score (nSPS) is 14.8. The van der Waals surface area contributed by atoms with Crippen LogP contribution in [0, 0.1) is 5.92 Å². The highest BCUT2D eigenvalue weighted by molar-refractivity contribution is 6.30. The van der Waals surface area contributed by atoms with E-state index in [9.17, 15) is 9.59 Å². The number of rotatable bonds is 18. The Morgan fingerprint density at radius 3 is 2.19 bits per heavy atom. The molecule has 0 bridgehead atoms. The molecule has 3 heterocycles. The first kappa shape index (κ1) is 41.8. The van der Waals surface area contributed by atoms with Gasteiger partial charge in [-0.1, -0.05) is 11.6 Å². The van der Waals surface area contributed by atoms with Crippen molar-refractivity contribution < 1.29 is 38.0 Å². The first-order valence-electron chi connectivity index (χ1n) is 18.9. The highest BCUT2D eigenvalue weighted by Gasteiger charge is 2.44. The van der Waals surface area contributed by atoms with Crippen LogP contribution in [0.2, 0.25) is 5.15 Å². The molecule has 2 N–H and O–H groups in total. The van der Waals surface area contributed by atoms with Crippen LogP contribution in [0.4, 0.5) is 16.4 Å². The third kappa shape index (κ3) is 10.8. The summed E-state index contributed by atoms with van der Waals surface area (Å²) >= 11 is 6.70. The Morgan fingerprint density at radius 2 is 1.57 bits per heavy atom. The van der Waals surface area contributed by atoms with Gasteiger partial charge in [-0.25, -0.2) is 14.8 Å². The number of carbonyl (C=O) groups excluding carboxylic acids is 2. The number of hydrogen-bond acceptors (Lipinski definition) is 12. The SMILES string of the molecule is COc1ccc(CN(Cc2ccc(OC)cc2OC)c2nc(Cl)cc3cc(NC(=O)C4CC4c4cnn(CCOCCNC(=O)OC(C)(C)C)c4)ncc23)c(OC)c1. The van der Waals surface area contributed by atoms with Crippen LogP contribution in [0.15, 0.2) is 67.1 Å². The number of alkyl carbamates (subject to hydrolysis) is 1. The van der Waals surface area contributed by atoms with Crippen molar-refractivity contribution in [2.45, 2.75) is 58.3 Å². The monoisotopic (exact) mass is 815 g/mol. The predicted molar refractivity (Wildman–Crippen MR) is 220 cm³/mol. The molecule has 15 nitrogen and oxygen atoms in total. The zero-order valence-electron chi connectivity index (χ0n) is 33.8. The van der Waals surface area contributed by atoms with E-state index in [4.69, 9.17) is 45.0 Å². The van der Waals surface area contributed by atoms with Crippen molar-refractivity contribution in [1.82, 2.24) is 25.1 Å². The van der Waals surface area contributed by atoms with E-state index in [1.165, 1.54) is 0 Å². The van der Waals surface area contributed by atoms with Crippen molar-refractivity contribution >= 4 is 46.0 Å². The van der Waals surface area contributed by atoms with Gasteiger partial charge in [0.25, 0.3) is 0 Å². The number of benzene rings is 2. The number of hydrogen-bond donors (Lipinski definition) is 2. The van der Waals surface area contributed by atoms with Crippen molar-refractivity contribution in [2.75, 3.05) is 58.4 Å². The molecule has 6 rings (SSSR count). The second-order valence-corrected chi connectivity index (χ2v) is 15.2. The summed E-state index contributed by atoms with van der Waals surface area (Å²) < 4.78 is 35.0. The highest BCUT2D eigenvalue weighted by Crippen LogP contribution is 2.48. The molecule has 0 spiro atoms. The molecule has 1 fully saturated rings. The number of amides is 2. The number of methoxy groups -OCH3 is 4. The Labute approximate surface area is 342 Å². The van der Waals surface area contributed by atoms with Crippen LogP contribution in [0.5, 0.6) is 23.0 Å². The number of nitrogens with one attached hydrogen (secondary N) is 2. The van der Waals surface area contributed by atoms with Crippen LogP contribution in [0.25, 0.3) is 10.8 Å². The third-order valence-corrected chi connectivity index (χ3v) is 9.71. The number of halogens is 1. The van der Waals surface area contributed by atoms with Gasteiger partial charge in [0.2, 0.25) is 5.91 Å². The van der Waals surface area contributed by atoms with Crippen LogP contribution < -0.4 is 34.5 Å². The maximum atomic E-state index is 13.4. The summed E-state index contributed by atoms with van der Waals surface area (Å²) in [5.74, 6) is 3.37. The molecule has 1 aliphatic carbocycles. The van der Waals surface area contributed by atoms with Gasteiger partial charge in [-0.3, -0.25) is 9.48 Å². The molecule has 2 unspecified atom stereocenters. The summed E-state index contributed by atoms with van der Waals surface area (Å²) in [6.45, 7) is 7.87. The zero-order valence-corrected chi connectivity index (χ0v) is 34.6. The van der Waals surface area contributed by atoms with Crippen molar-refractivity contribution in [1.29, 1.82) is 0 Å². The minimum Gasteiger partial charge on any atom is -0.497 e. The lowest BCUT2D eigenvalue weighted by Crippen LogP contribution is -2.34. The van der Waals surface area contributed by atoms with E-state index in [1.807, 2.05) is 69.4 Å². The molecular weight excluding hydrogens is 766 g/mol. The Balaban J connectivity index is 1.13. The molecule has 0 saturated heterocycles. The Morgan fingerprint density at radius 1 is 0.897 bits per heavy atom. The number of carbonyl (C=O) groups is 2. The third-order valence-electron chi connectivity index (χ3n) is 9.51. The minimum atomic E-state index is -0.553. The number of nitrogens with zero attached hydrogens (tertiary/aromatic N) is 5. The lowest BCUT2D eigenvalue weighted by atomic mass is 10.1. The lowest BCUT2D eigenvalue weighted by Gasteiger charge is -2.27. The van der Waals surface area contributed by atoms with Gasteiger partial charge in [0.05, 0.1) is 54.4 Å². The smallest absolute Gasteiger partial charge is 0.407 e. The molecule has 16 heteroatoms. The predicted octanol–water partition coefficient (Wildman–Crippen LogP) is 7.00. The van der Waals surface area contributed by atoms with Gasteiger partial charge in [0.15, 0.2) is 0 Å². The summed E-state index contributed by atoms with van der Waals surface area (Å²) in [7, 11) is 6.46. The zero-order chi connectivity index (χ0) is 41.4. The average molecular weight is 816 g/mol. The fourth-order valence-electron chi connectivity index (χ4n) is 6.56. The Kier molecular flexibility index (Phi) is 13.4. The summed E-state index contributed by atoms with van der Waals surface area (Å²) in [4.78, 5) is 36.7. The molecule has 2 aromatic carbocycles. The number of aromatic nitrogens is 4. The molecule has 5 aromatic rings. The first-order chi connectivity index (χ1) is 27.9. The van der Waals surface area contributed by atoms with E-state index in [-0.39, 0.29) is 22.9 Å². The highest BCUT2D eigenvalue weighted by atomic mass is 35.5. The Bertz CT molecular complexity index is 2170. The van der Waals surface area contributed by atoms with Crippen LogP contribution in [0.3, 0.4) is 0 Å². The molecule has 0 radical (unpaired) electrons. The molecule has 1 saturated carbocycles. The second kappa shape index (κ2) is 18.6. The summed E-state index contributed by atoms with van der Waals surface area (Å²) in [6.07, 6.45) is 5.67. The van der Waals surface area contributed by atoms with Gasteiger partial charge in [0.1, 0.15) is 45.4 Å². The van der Waals surface area contributed by atoms with Crippen molar-refractivity contribution in [3.63, 3.8) is 0 Å². The molecule has 3 aromatic heterocycles.